The lowest BCUT2D eigenvalue weighted by Gasteiger charge is -2.33. The number of nitrogens with zero attached hydrogens (tertiary/aromatic N) is 2. The average molecular weight is 500 g/mol. The summed E-state index contributed by atoms with van der Waals surface area (Å²) >= 11 is 0. The first kappa shape index (κ1) is 26.2. The van der Waals surface area contributed by atoms with E-state index < -0.39 is 11.3 Å². The fourth-order valence-electron chi connectivity index (χ4n) is 6.38. The molecule has 9 heteroatoms. The summed E-state index contributed by atoms with van der Waals surface area (Å²) in [5.41, 5.74) is 5.01. The Morgan fingerprint density at radius 1 is 1.17 bits per heavy atom. The van der Waals surface area contributed by atoms with Crippen molar-refractivity contribution < 1.29 is 19.1 Å². The maximum Gasteiger partial charge on any atom is 0.258 e. The van der Waals surface area contributed by atoms with Crippen LogP contribution in [0.4, 0.5) is 0 Å². The molecule has 3 aliphatic rings. The van der Waals surface area contributed by atoms with Gasteiger partial charge in [-0.2, -0.15) is 5.10 Å². The van der Waals surface area contributed by atoms with Gasteiger partial charge >= 0.3 is 0 Å². The van der Waals surface area contributed by atoms with Gasteiger partial charge in [-0.3, -0.25) is 14.4 Å². The molecule has 0 aromatic carbocycles. The smallest absolute Gasteiger partial charge is 0.258 e. The molecule has 198 valence electrons. The van der Waals surface area contributed by atoms with Gasteiger partial charge in [-0.05, 0) is 75.5 Å². The van der Waals surface area contributed by atoms with Crippen molar-refractivity contribution in [2.24, 2.45) is 40.7 Å². The minimum Gasteiger partial charge on any atom is -0.477 e. The van der Waals surface area contributed by atoms with Crippen molar-refractivity contribution in [3.63, 3.8) is 0 Å². The molecule has 1 heterocycles. The van der Waals surface area contributed by atoms with E-state index in [9.17, 15) is 14.4 Å². The first-order valence-corrected chi connectivity index (χ1v) is 13.2. The molecular formula is C27H41N5O4. The molecule has 4 unspecified atom stereocenters. The summed E-state index contributed by atoms with van der Waals surface area (Å²) in [4.78, 5) is 37.1. The Kier molecular flexibility index (Phi) is 7.48. The number of nitrogens with one attached hydrogen (secondary N) is 2. The number of aromatic nitrogens is 2. The number of ether oxygens (including phenoxy) is 1. The number of fused-ring (bicyclic) bond motifs is 2. The van der Waals surface area contributed by atoms with E-state index in [4.69, 9.17) is 10.5 Å². The highest BCUT2D eigenvalue weighted by atomic mass is 16.5. The second-order valence-electron chi connectivity index (χ2n) is 12.0. The van der Waals surface area contributed by atoms with E-state index in [2.05, 4.69) is 15.7 Å². The van der Waals surface area contributed by atoms with Crippen molar-refractivity contribution in [3.05, 3.63) is 17.8 Å². The first-order chi connectivity index (χ1) is 16.9. The van der Waals surface area contributed by atoms with E-state index in [1.807, 2.05) is 13.8 Å². The van der Waals surface area contributed by atoms with Crippen LogP contribution in [-0.2, 0) is 9.59 Å². The van der Waals surface area contributed by atoms with Crippen LogP contribution in [0.3, 0.4) is 0 Å². The van der Waals surface area contributed by atoms with Gasteiger partial charge < -0.3 is 21.1 Å². The van der Waals surface area contributed by atoms with Gasteiger partial charge in [0.15, 0.2) is 0 Å². The molecule has 1 aromatic rings. The number of carbonyl (C=O) groups excluding carboxylic acids is 3. The molecule has 6 atom stereocenters. The van der Waals surface area contributed by atoms with Crippen LogP contribution in [0.25, 0.3) is 6.20 Å². The largest absolute Gasteiger partial charge is 0.477 e. The highest BCUT2D eigenvalue weighted by Crippen LogP contribution is 2.53. The fraction of sp³-hybridized carbons (Fsp3) is 0.704. The Hall–Kier alpha value is -2.84. The maximum atomic E-state index is 13.6. The first-order valence-electron chi connectivity index (χ1n) is 13.2. The Bertz CT molecular complexity index is 1030. The quantitative estimate of drug-likeness (QED) is 0.481. The van der Waals surface area contributed by atoms with E-state index >= 15 is 0 Å². The Labute approximate surface area is 213 Å². The zero-order chi connectivity index (χ0) is 26.2. The number of nitrogens with two attached hydrogens (primary N) is 1. The van der Waals surface area contributed by atoms with Crippen LogP contribution in [0.5, 0.6) is 5.88 Å². The third-order valence-corrected chi connectivity index (χ3v) is 8.15. The zero-order valence-corrected chi connectivity index (χ0v) is 22.1. The summed E-state index contributed by atoms with van der Waals surface area (Å²) in [5, 5.41) is 10.9. The molecule has 3 bridgehead atoms. The van der Waals surface area contributed by atoms with Gasteiger partial charge in [0, 0.05) is 25.2 Å². The molecule has 3 amide bonds. The van der Waals surface area contributed by atoms with Gasteiger partial charge in [0.25, 0.3) is 5.91 Å². The van der Waals surface area contributed by atoms with Crippen molar-refractivity contribution in [2.45, 2.75) is 78.8 Å². The number of carbonyl (C=O) groups is 3. The van der Waals surface area contributed by atoms with Crippen LogP contribution in [0.15, 0.2) is 12.3 Å². The molecular weight excluding hydrogens is 458 g/mol. The standard InChI is InChI=1S/C27H41N5O4/c1-15(2)14-36-25-22(13-29-32(25)7-6-27(4,5)26(28)35)24(34)31-23-19-9-17-8-18(11-19)21(23)12-20(10-17)30-16(3)33/h6-7,13,15,17-21,23H,8-12,14H2,1-5H3,(H2,28,35)(H,30,33)(H,31,34)/b7-6+/t17?,18?,19?,20-,21?,23+/m0/s1. The Morgan fingerprint density at radius 3 is 2.56 bits per heavy atom. The molecule has 3 saturated carbocycles. The molecule has 4 N–H and O–H groups in total. The summed E-state index contributed by atoms with van der Waals surface area (Å²) in [6, 6.07) is 0.252. The SMILES string of the molecule is CC(=O)N[C@H]1CC2CC3CC(C2)[C@@H](NC(=O)c2cnn(/C=C/C(C)(C)C(N)=O)c2OCC(C)C)C3C1. The van der Waals surface area contributed by atoms with E-state index in [0.29, 0.717) is 41.7 Å². The summed E-state index contributed by atoms with van der Waals surface area (Å²) < 4.78 is 7.53. The number of hydrogen-bond acceptors (Lipinski definition) is 5. The van der Waals surface area contributed by atoms with E-state index in [1.165, 1.54) is 17.3 Å². The van der Waals surface area contributed by atoms with Crippen LogP contribution in [0, 0.1) is 35.0 Å². The van der Waals surface area contributed by atoms with Crippen LogP contribution >= 0.6 is 0 Å². The fourth-order valence-corrected chi connectivity index (χ4v) is 6.38. The van der Waals surface area contributed by atoms with Gasteiger partial charge in [-0.1, -0.05) is 19.9 Å². The molecule has 0 spiro atoms. The molecule has 9 nitrogen and oxygen atoms in total. The molecule has 0 saturated heterocycles. The Morgan fingerprint density at radius 2 is 1.89 bits per heavy atom. The predicted molar refractivity (Wildman–Crippen MR) is 137 cm³/mol. The van der Waals surface area contributed by atoms with Gasteiger partial charge in [-0.25, -0.2) is 4.68 Å². The van der Waals surface area contributed by atoms with Gasteiger partial charge in [0.05, 0.1) is 18.2 Å². The van der Waals surface area contributed by atoms with Crippen LogP contribution in [0.1, 0.15) is 77.1 Å². The van der Waals surface area contributed by atoms with Crippen LogP contribution in [-0.4, -0.2) is 46.2 Å². The third kappa shape index (κ3) is 5.60. The van der Waals surface area contributed by atoms with Crippen molar-refractivity contribution in [1.29, 1.82) is 0 Å². The van der Waals surface area contributed by atoms with E-state index in [1.54, 1.807) is 33.0 Å². The molecule has 36 heavy (non-hydrogen) atoms. The van der Waals surface area contributed by atoms with Crippen LogP contribution in [0.2, 0.25) is 0 Å². The lowest BCUT2D eigenvalue weighted by Crippen LogP contribution is -2.46. The zero-order valence-electron chi connectivity index (χ0n) is 22.1. The number of hydrogen-bond donors (Lipinski definition) is 3. The predicted octanol–water partition coefficient (Wildman–Crippen LogP) is 2.96. The monoisotopic (exact) mass is 499 g/mol. The summed E-state index contributed by atoms with van der Waals surface area (Å²) in [6.45, 7) is 9.53. The topological polar surface area (TPSA) is 128 Å². The van der Waals surface area contributed by atoms with E-state index in [0.717, 1.165) is 25.7 Å². The Balaban J connectivity index is 1.55. The molecule has 1 aromatic heterocycles. The molecule has 4 rings (SSSR count). The maximum absolute atomic E-state index is 13.6. The molecule has 3 aliphatic carbocycles. The number of rotatable bonds is 9. The average Bonchev–Trinajstić information content (AvgIpc) is 3.25. The van der Waals surface area contributed by atoms with Crippen molar-refractivity contribution in [3.8, 4) is 5.88 Å². The second kappa shape index (κ2) is 10.3. The summed E-state index contributed by atoms with van der Waals surface area (Å²) in [6.07, 6.45) is 10.2. The second-order valence-corrected chi connectivity index (χ2v) is 12.0. The minimum absolute atomic E-state index is 0.0137. The van der Waals surface area contributed by atoms with E-state index in [-0.39, 0.29) is 29.8 Å². The van der Waals surface area contributed by atoms with Gasteiger partial charge in [0.1, 0.15) is 5.56 Å². The van der Waals surface area contributed by atoms with Gasteiger partial charge in [0.2, 0.25) is 17.7 Å². The number of primary amides is 1. The normalized spacial score (nSPS) is 29.4. The van der Waals surface area contributed by atoms with Crippen molar-refractivity contribution >= 4 is 23.9 Å². The molecule has 0 aliphatic heterocycles. The third-order valence-electron chi connectivity index (χ3n) is 8.15. The number of amides is 3. The van der Waals surface area contributed by atoms with Crippen molar-refractivity contribution in [1.82, 2.24) is 20.4 Å². The lowest BCUT2D eigenvalue weighted by atomic mass is 9.78. The minimum atomic E-state index is -0.868. The highest BCUT2D eigenvalue weighted by Gasteiger charge is 2.51. The summed E-state index contributed by atoms with van der Waals surface area (Å²) in [7, 11) is 0. The molecule has 0 radical (unpaired) electrons. The van der Waals surface area contributed by atoms with Gasteiger partial charge in [-0.15, -0.1) is 0 Å². The van der Waals surface area contributed by atoms with Crippen LogP contribution < -0.4 is 21.1 Å². The lowest BCUT2D eigenvalue weighted by molar-refractivity contribution is -0.123. The van der Waals surface area contributed by atoms with Crippen molar-refractivity contribution in [2.75, 3.05) is 6.61 Å². The summed E-state index contributed by atoms with van der Waals surface area (Å²) in [5.74, 6) is 2.00. The molecule has 3 fully saturated rings. The highest BCUT2D eigenvalue weighted by molar-refractivity contribution is 5.96.